The molecule has 1 heteroatoms. The van der Waals surface area contributed by atoms with Gasteiger partial charge in [-0.2, -0.15) is 0 Å². The highest BCUT2D eigenvalue weighted by Gasteiger charge is 2.05. The molecule has 0 aliphatic rings. The maximum Gasteiger partial charge on any atom is 0.0471 e. The Kier molecular flexibility index (Phi) is 5.13. The van der Waals surface area contributed by atoms with E-state index < -0.39 is 0 Å². The van der Waals surface area contributed by atoms with Crippen LogP contribution in [0, 0.1) is 0 Å². The van der Waals surface area contributed by atoms with Crippen LogP contribution in [0.4, 0.5) is 0 Å². The van der Waals surface area contributed by atoms with Crippen LogP contribution < -0.4 is 0 Å². The van der Waals surface area contributed by atoms with Gasteiger partial charge in [-0.25, -0.2) is 0 Å². The smallest absolute Gasteiger partial charge is 0.0471 e. The zero-order chi connectivity index (χ0) is 18.5. The highest BCUT2D eigenvalue weighted by molar-refractivity contribution is 5.74. The summed E-state index contributed by atoms with van der Waals surface area (Å²) in [5.41, 5.74) is 8.44. The van der Waals surface area contributed by atoms with Gasteiger partial charge in [0.05, 0.1) is 0 Å². The molecule has 0 spiro atoms. The third-order valence-electron chi connectivity index (χ3n) is 4.92. The van der Waals surface area contributed by atoms with Crippen molar-refractivity contribution in [2.45, 2.75) is 6.42 Å². The van der Waals surface area contributed by atoms with Crippen LogP contribution in [0.25, 0.3) is 33.4 Å². The van der Waals surface area contributed by atoms with Crippen molar-refractivity contribution < 1.29 is 5.11 Å². The van der Waals surface area contributed by atoms with Crippen LogP contribution in [0.15, 0.2) is 103 Å². The lowest BCUT2D eigenvalue weighted by Gasteiger charge is -2.10. The van der Waals surface area contributed by atoms with Gasteiger partial charge in [0.1, 0.15) is 0 Å². The normalized spacial score (nSPS) is 10.7. The van der Waals surface area contributed by atoms with E-state index in [0.717, 1.165) is 0 Å². The average Bonchev–Trinajstić information content (AvgIpc) is 2.75. The van der Waals surface area contributed by atoms with Crippen molar-refractivity contribution in [2.75, 3.05) is 6.61 Å². The third kappa shape index (κ3) is 3.84. The van der Waals surface area contributed by atoms with E-state index in [0.29, 0.717) is 6.42 Å². The van der Waals surface area contributed by atoms with Gasteiger partial charge in [-0.3, -0.25) is 0 Å². The van der Waals surface area contributed by atoms with Gasteiger partial charge in [-0.15, -0.1) is 0 Å². The van der Waals surface area contributed by atoms with E-state index in [4.69, 9.17) is 0 Å². The van der Waals surface area contributed by atoms with Crippen LogP contribution in [-0.4, -0.2) is 11.7 Å². The molecule has 0 unspecified atom stereocenters. The second-order valence-corrected chi connectivity index (χ2v) is 6.65. The molecule has 0 aromatic heterocycles. The Labute approximate surface area is 160 Å². The summed E-state index contributed by atoms with van der Waals surface area (Å²) in [5, 5.41) is 9.29. The number of hydrogen-bond acceptors (Lipinski definition) is 1. The van der Waals surface area contributed by atoms with Gasteiger partial charge in [0.15, 0.2) is 0 Å². The Balaban J connectivity index is 1.60. The minimum Gasteiger partial charge on any atom is -0.396 e. The zero-order valence-corrected chi connectivity index (χ0v) is 15.2. The average molecular weight is 350 g/mol. The van der Waals surface area contributed by atoms with Crippen molar-refractivity contribution in [3.05, 3.63) is 109 Å². The molecule has 0 amide bonds. The zero-order valence-electron chi connectivity index (χ0n) is 15.2. The molecule has 27 heavy (non-hydrogen) atoms. The van der Waals surface area contributed by atoms with Crippen molar-refractivity contribution in [1.82, 2.24) is 0 Å². The summed E-state index contributed by atoms with van der Waals surface area (Å²) in [7, 11) is 0. The summed E-state index contributed by atoms with van der Waals surface area (Å²) in [6.07, 6.45) is 0.679. The lowest BCUT2D eigenvalue weighted by Crippen LogP contribution is -1.93. The van der Waals surface area contributed by atoms with E-state index >= 15 is 0 Å². The van der Waals surface area contributed by atoms with Gasteiger partial charge in [0.25, 0.3) is 0 Å². The first kappa shape index (κ1) is 17.3. The molecule has 0 radical (unpaired) electrons. The van der Waals surface area contributed by atoms with Gasteiger partial charge >= 0.3 is 0 Å². The molecule has 0 saturated carbocycles. The molecule has 132 valence electrons. The Bertz CT molecular complexity index is 1000. The Morgan fingerprint density at radius 2 is 0.889 bits per heavy atom. The first-order chi connectivity index (χ1) is 13.3. The summed E-state index contributed by atoms with van der Waals surface area (Å²) in [6.45, 7) is 0.170. The number of aliphatic hydroxyl groups is 1. The summed E-state index contributed by atoms with van der Waals surface area (Å²) < 4.78 is 0. The molecule has 4 aromatic rings. The Morgan fingerprint density at radius 1 is 0.444 bits per heavy atom. The molecular formula is C26H22O. The molecular weight excluding hydrogens is 328 g/mol. The van der Waals surface area contributed by atoms with E-state index in [1.54, 1.807) is 0 Å². The quantitative estimate of drug-likeness (QED) is 0.453. The molecule has 1 N–H and O–H groups in total. The van der Waals surface area contributed by atoms with Gasteiger partial charge in [0.2, 0.25) is 0 Å². The molecule has 4 aromatic carbocycles. The second kappa shape index (κ2) is 8.03. The monoisotopic (exact) mass is 350 g/mol. The molecule has 0 heterocycles. The molecule has 0 bridgehead atoms. The summed E-state index contributed by atoms with van der Waals surface area (Å²) in [6, 6.07) is 36.1. The van der Waals surface area contributed by atoms with E-state index in [2.05, 4.69) is 84.9 Å². The minimum absolute atomic E-state index is 0.170. The fourth-order valence-corrected chi connectivity index (χ4v) is 3.47. The molecule has 0 saturated heterocycles. The van der Waals surface area contributed by atoms with Crippen LogP contribution >= 0.6 is 0 Å². The minimum atomic E-state index is 0.170. The lowest BCUT2D eigenvalue weighted by atomic mass is 9.95. The van der Waals surface area contributed by atoms with Gasteiger partial charge < -0.3 is 5.11 Å². The first-order valence-electron chi connectivity index (χ1n) is 9.30. The molecule has 0 fully saturated rings. The standard InChI is InChI=1S/C26H22O/c27-19-18-24-8-4-5-9-26(24)25-16-14-23(15-17-25)22-12-10-21(11-13-22)20-6-2-1-3-7-20/h1-17,27H,18-19H2. The van der Waals surface area contributed by atoms with E-state index in [-0.39, 0.29) is 6.61 Å². The van der Waals surface area contributed by atoms with Crippen molar-refractivity contribution in [2.24, 2.45) is 0 Å². The van der Waals surface area contributed by atoms with Crippen LogP contribution in [0.1, 0.15) is 5.56 Å². The van der Waals surface area contributed by atoms with Crippen LogP contribution in [0.3, 0.4) is 0 Å². The van der Waals surface area contributed by atoms with Crippen LogP contribution in [0.5, 0.6) is 0 Å². The molecule has 1 nitrogen and oxygen atoms in total. The maximum absolute atomic E-state index is 9.29. The van der Waals surface area contributed by atoms with Crippen molar-refractivity contribution in [3.8, 4) is 33.4 Å². The van der Waals surface area contributed by atoms with E-state index in [9.17, 15) is 5.11 Å². The lowest BCUT2D eigenvalue weighted by molar-refractivity contribution is 0.300. The molecule has 4 rings (SSSR count). The predicted molar refractivity (Wildman–Crippen MR) is 114 cm³/mol. The number of benzene rings is 4. The molecule has 0 aliphatic heterocycles. The van der Waals surface area contributed by atoms with Gasteiger partial charge in [-0.05, 0) is 45.4 Å². The fraction of sp³-hybridized carbons (Fsp3) is 0.0769. The van der Waals surface area contributed by atoms with Crippen molar-refractivity contribution in [3.63, 3.8) is 0 Å². The predicted octanol–water partition coefficient (Wildman–Crippen LogP) is 6.22. The van der Waals surface area contributed by atoms with Gasteiger partial charge in [-0.1, -0.05) is 103 Å². The SMILES string of the molecule is OCCc1ccccc1-c1ccc(-c2ccc(-c3ccccc3)cc2)cc1. The second-order valence-electron chi connectivity index (χ2n) is 6.65. The van der Waals surface area contributed by atoms with Crippen LogP contribution in [0.2, 0.25) is 0 Å². The number of aliphatic hydroxyl groups excluding tert-OH is 1. The van der Waals surface area contributed by atoms with Crippen LogP contribution in [-0.2, 0) is 6.42 Å². The van der Waals surface area contributed by atoms with Crippen molar-refractivity contribution in [1.29, 1.82) is 0 Å². The summed E-state index contributed by atoms with van der Waals surface area (Å²) in [4.78, 5) is 0. The summed E-state index contributed by atoms with van der Waals surface area (Å²) >= 11 is 0. The maximum atomic E-state index is 9.29. The molecule has 0 aliphatic carbocycles. The highest BCUT2D eigenvalue weighted by atomic mass is 16.2. The van der Waals surface area contributed by atoms with E-state index in [1.807, 2.05) is 18.2 Å². The number of hydrogen-bond donors (Lipinski definition) is 1. The number of rotatable bonds is 5. The largest absolute Gasteiger partial charge is 0.396 e. The summed E-state index contributed by atoms with van der Waals surface area (Å²) in [5.74, 6) is 0. The first-order valence-corrected chi connectivity index (χ1v) is 9.30. The topological polar surface area (TPSA) is 20.2 Å². The Hall–Kier alpha value is -3.16. The third-order valence-corrected chi connectivity index (χ3v) is 4.92. The van der Waals surface area contributed by atoms with Crippen molar-refractivity contribution >= 4 is 0 Å². The van der Waals surface area contributed by atoms with E-state index in [1.165, 1.54) is 38.9 Å². The Morgan fingerprint density at radius 3 is 1.44 bits per heavy atom. The highest BCUT2D eigenvalue weighted by Crippen LogP contribution is 2.29. The molecule has 0 atom stereocenters. The fourth-order valence-electron chi connectivity index (χ4n) is 3.47. The van der Waals surface area contributed by atoms with Gasteiger partial charge in [0, 0.05) is 6.61 Å².